The summed E-state index contributed by atoms with van der Waals surface area (Å²) in [6.07, 6.45) is 5.34. The fourth-order valence-corrected chi connectivity index (χ4v) is 3.74. The number of fused-ring (bicyclic) bond motifs is 1. The van der Waals surface area contributed by atoms with E-state index < -0.39 is 11.9 Å². The summed E-state index contributed by atoms with van der Waals surface area (Å²) in [7, 11) is 0. The van der Waals surface area contributed by atoms with Crippen molar-refractivity contribution in [3.8, 4) is 23.0 Å². The maximum atomic E-state index is 12.0. The molecule has 2 aliphatic rings. The van der Waals surface area contributed by atoms with Crippen molar-refractivity contribution in [2.24, 2.45) is 0 Å². The fourth-order valence-electron chi connectivity index (χ4n) is 3.17. The first-order valence-corrected chi connectivity index (χ1v) is 10.1. The topological polar surface area (TPSA) is 116 Å². The maximum absolute atomic E-state index is 12.0. The van der Waals surface area contributed by atoms with Gasteiger partial charge in [0.05, 0.1) is 5.75 Å². The third-order valence-corrected chi connectivity index (χ3v) is 5.36. The van der Waals surface area contributed by atoms with Crippen molar-refractivity contribution in [3.63, 3.8) is 0 Å². The van der Waals surface area contributed by atoms with Crippen LogP contribution in [-0.4, -0.2) is 40.7 Å². The highest BCUT2D eigenvalue weighted by Crippen LogP contribution is 2.35. The van der Waals surface area contributed by atoms with Gasteiger partial charge in [0.2, 0.25) is 18.6 Å². The number of benzene rings is 1. The molecule has 0 atom stereocenters. The quantitative estimate of drug-likeness (QED) is 0.731. The lowest BCUT2D eigenvalue weighted by Crippen LogP contribution is -2.45. The molecule has 9 nitrogen and oxygen atoms in total. The molecular weight excluding hydrogens is 384 g/mol. The lowest BCUT2D eigenvalue weighted by molar-refractivity contribution is -0.117. The molecule has 1 saturated carbocycles. The molecule has 1 aromatic heterocycles. The molecule has 148 valence electrons. The number of thioether (sulfide) groups is 1. The summed E-state index contributed by atoms with van der Waals surface area (Å²) in [5.74, 6) is 1.19. The van der Waals surface area contributed by atoms with Gasteiger partial charge in [-0.3, -0.25) is 10.1 Å². The van der Waals surface area contributed by atoms with Crippen LogP contribution in [0.1, 0.15) is 32.1 Å². The number of ether oxygens (including phenoxy) is 2. The summed E-state index contributed by atoms with van der Waals surface area (Å²) in [5.41, 5.74) is 0.694. The minimum absolute atomic E-state index is 0.000852. The van der Waals surface area contributed by atoms with E-state index in [9.17, 15) is 9.59 Å². The molecule has 0 spiro atoms. The Bertz CT molecular complexity index is 865. The number of carbonyl (C=O) groups excluding carboxylic acids is 2. The zero-order chi connectivity index (χ0) is 19.3. The van der Waals surface area contributed by atoms with Gasteiger partial charge in [-0.05, 0) is 31.0 Å². The highest BCUT2D eigenvalue weighted by atomic mass is 32.2. The summed E-state index contributed by atoms with van der Waals surface area (Å²) >= 11 is 1.07. The van der Waals surface area contributed by atoms with Crippen molar-refractivity contribution in [2.45, 2.75) is 43.4 Å². The smallest absolute Gasteiger partial charge is 0.321 e. The van der Waals surface area contributed by atoms with Gasteiger partial charge in [-0.15, -0.1) is 10.2 Å². The van der Waals surface area contributed by atoms with Gasteiger partial charge in [-0.25, -0.2) is 4.79 Å². The molecule has 0 unspecified atom stereocenters. The van der Waals surface area contributed by atoms with Crippen LogP contribution in [0.5, 0.6) is 11.5 Å². The summed E-state index contributed by atoms with van der Waals surface area (Å²) in [6, 6.07) is 5.01. The predicted octanol–water partition coefficient (Wildman–Crippen LogP) is 2.72. The van der Waals surface area contributed by atoms with Crippen LogP contribution in [0, 0.1) is 0 Å². The highest BCUT2D eigenvalue weighted by molar-refractivity contribution is 7.99. The largest absolute Gasteiger partial charge is 0.454 e. The van der Waals surface area contributed by atoms with E-state index in [4.69, 9.17) is 13.9 Å². The van der Waals surface area contributed by atoms with E-state index in [0.717, 1.165) is 37.4 Å². The Hall–Kier alpha value is -2.75. The number of aromatic nitrogens is 2. The van der Waals surface area contributed by atoms with E-state index in [1.807, 2.05) is 0 Å². The molecular formula is C18H20N4O5S. The molecule has 28 heavy (non-hydrogen) atoms. The summed E-state index contributed by atoms with van der Waals surface area (Å²) in [6.45, 7) is 0.188. The molecule has 2 aromatic rings. The van der Waals surface area contributed by atoms with Gasteiger partial charge in [0, 0.05) is 11.6 Å². The zero-order valence-electron chi connectivity index (χ0n) is 15.1. The number of hydrogen-bond acceptors (Lipinski definition) is 8. The number of carbonyl (C=O) groups is 2. The Kier molecular flexibility index (Phi) is 5.65. The first-order chi connectivity index (χ1) is 13.7. The predicted molar refractivity (Wildman–Crippen MR) is 100 cm³/mol. The minimum atomic E-state index is -0.455. The molecule has 3 amide bonds. The normalized spacial score (nSPS) is 16.0. The standard InChI is InChI=1S/C18H20N4O5S/c23-15(20-17(24)19-12-4-2-1-3-5-12)9-28-18-22-21-16(27-18)11-6-7-13-14(8-11)26-10-25-13/h6-8,12H,1-5,9-10H2,(H2,19,20,23,24). The second-order valence-corrected chi connectivity index (χ2v) is 7.51. The molecule has 10 heteroatoms. The first kappa shape index (κ1) is 18.6. The molecule has 1 aliphatic carbocycles. The third-order valence-electron chi connectivity index (χ3n) is 4.55. The van der Waals surface area contributed by atoms with Crippen molar-refractivity contribution in [2.75, 3.05) is 12.5 Å². The Morgan fingerprint density at radius 1 is 1.11 bits per heavy atom. The lowest BCUT2D eigenvalue weighted by Gasteiger charge is -2.22. The molecule has 1 fully saturated rings. The number of nitrogens with zero attached hydrogens (tertiary/aromatic N) is 2. The van der Waals surface area contributed by atoms with Crippen molar-refractivity contribution in [1.82, 2.24) is 20.8 Å². The Morgan fingerprint density at radius 2 is 1.93 bits per heavy atom. The van der Waals surface area contributed by atoms with Crippen molar-refractivity contribution >= 4 is 23.7 Å². The van der Waals surface area contributed by atoms with E-state index in [1.54, 1.807) is 18.2 Å². The number of imide groups is 1. The van der Waals surface area contributed by atoms with Crippen LogP contribution in [-0.2, 0) is 4.79 Å². The molecule has 2 heterocycles. The minimum Gasteiger partial charge on any atom is -0.454 e. The van der Waals surface area contributed by atoms with Crippen molar-refractivity contribution < 1.29 is 23.5 Å². The molecule has 1 aromatic carbocycles. The maximum Gasteiger partial charge on any atom is 0.321 e. The Morgan fingerprint density at radius 3 is 2.79 bits per heavy atom. The van der Waals surface area contributed by atoms with Crippen LogP contribution in [0.15, 0.2) is 27.8 Å². The third kappa shape index (κ3) is 4.56. The second kappa shape index (κ2) is 8.51. The van der Waals surface area contributed by atoms with Gasteiger partial charge >= 0.3 is 6.03 Å². The lowest BCUT2D eigenvalue weighted by atomic mass is 9.96. The highest BCUT2D eigenvalue weighted by Gasteiger charge is 2.19. The number of nitrogens with one attached hydrogen (secondary N) is 2. The van der Waals surface area contributed by atoms with Gasteiger partial charge in [0.1, 0.15) is 0 Å². The van der Waals surface area contributed by atoms with Crippen LogP contribution in [0.4, 0.5) is 4.79 Å². The van der Waals surface area contributed by atoms with Crippen LogP contribution in [0.25, 0.3) is 11.5 Å². The average molecular weight is 404 g/mol. The van der Waals surface area contributed by atoms with Crippen LogP contribution < -0.4 is 20.1 Å². The molecule has 0 bridgehead atoms. The van der Waals surface area contributed by atoms with Crippen LogP contribution in [0.3, 0.4) is 0 Å². The van der Waals surface area contributed by atoms with E-state index >= 15 is 0 Å². The second-order valence-electron chi connectivity index (χ2n) is 6.59. The number of urea groups is 1. The van der Waals surface area contributed by atoms with Crippen LogP contribution >= 0.6 is 11.8 Å². The monoisotopic (exact) mass is 404 g/mol. The first-order valence-electron chi connectivity index (χ1n) is 9.14. The number of rotatable bonds is 5. The molecule has 0 saturated heterocycles. The number of hydrogen-bond donors (Lipinski definition) is 2. The van der Waals surface area contributed by atoms with Gasteiger partial charge in [0.15, 0.2) is 11.5 Å². The zero-order valence-corrected chi connectivity index (χ0v) is 15.9. The van der Waals surface area contributed by atoms with Gasteiger partial charge in [0.25, 0.3) is 5.22 Å². The SMILES string of the molecule is O=C(CSc1nnc(-c2ccc3c(c2)OCO3)o1)NC(=O)NC1CCCCC1. The average Bonchev–Trinajstić information content (AvgIpc) is 3.36. The molecule has 1 aliphatic heterocycles. The van der Waals surface area contributed by atoms with E-state index in [1.165, 1.54) is 6.42 Å². The Balaban J connectivity index is 1.26. The van der Waals surface area contributed by atoms with E-state index in [-0.39, 0.29) is 23.8 Å². The summed E-state index contributed by atoms with van der Waals surface area (Å²) < 4.78 is 16.2. The van der Waals surface area contributed by atoms with Gasteiger partial charge in [-0.2, -0.15) is 0 Å². The van der Waals surface area contributed by atoms with Crippen molar-refractivity contribution in [1.29, 1.82) is 0 Å². The molecule has 0 radical (unpaired) electrons. The number of amides is 3. The molecule has 2 N–H and O–H groups in total. The van der Waals surface area contributed by atoms with Gasteiger partial charge in [-0.1, -0.05) is 31.0 Å². The van der Waals surface area contributed by atoms with Gasteiger partial charge < -0.3 is 19.2 Å². The van der Waals surface area contributed by atoms with E-state index in [2.05, 4.69) is 20.8 Å². The fraction of sp³-hybridized carbons (Fsp3) is 0.444. The molecule has 4 rings (SSSR count). The van der Waals surface area contributed by atoms with Crippen LogP contribution in [0.2, 0.25) is 0 Å². The van der Waals surface area contributed by atoms with Crippen molar-refractivity contribution in [3.05, 3.63) is 18.2 Å². The Labute approximate surface area is 165 Å². The summed E-state index contributed by atoms with van der Waals surface area (Å²) in [5, 5.41) is 13.3. The summed E-state index contributed by atoms with van der Waals surface area (Å²) in [4.78, 5) is 23.8. The van der Waals surface area contributed by atoms with E-state index in [0.29, 0.717) is 23.0 Å².